The number of carbonyl (C=O) groups excluding carboxylic acids is 1. The summed E-state index contributed by atoms with van der Waals surface area (Å²) in [6.07, 6.45) is 1.93. The third kappa shape index (κ3) is 4.86. The van der Waals surface area contributed by atoms with Gasteiger partial charge in [-0.3, -0.25) is 9.48 Å². The van der Waals surface area contributed by atoms with Crippen LogP contribution in [0.2, 0.25) is 0 Å². The molecule has 0 bridgehead atoms. The van der Waals surface area contributed by atoms with E-state index in [9.17, 15) is 4.79 Å². The molecule has 2 aromatic carbocycles. The molecule has 1 amide bonds. The van der Waals surface area contributed by atoms with Crippen LogP contribution in [0.5, 0.6) is 11.5 Å². The van der Waals surface area contributed by atoms with E-state index >= 15 is 0 Å². The average molecular weight is 437 g/mol. The molecule has 0 atom stereocenters. The first-order valence-electron chi connectivity index (χ1n) is 10.6. The van der Waals surface area contributed by atoms with Gasteiger partial charge in [0, 0.05) is 36.6 Å². The average Bonchev–Trinajstić information content (AvgIpc) is 3.23. The topological polar surface area (TPSA) is 77.9 Å². The Morgan fingerprint density at radius 1 is 1.06 bits per heavy atom. The van der Waals surface area contributed by atoms with Gasteiger partial charge in [0.15, 0.2) is 17.3 Å². The van der Waals surface area contributed by atoms with Crippen LogP contribution in [0.1, 0.15) is 5.56 Å². The first-order chi connectivity index (χ1) is 15.6. The number of ether oxygens (including phenoxy) is 3. The minimum Gasteiger partial charge on any atom is -0.493 e. The maximum Gasteiger partial charge on any atom is 0.246 e. The summed E-state index contributed by atoms with van der Waals surface area (Å²) in [5.74, 6) is 1.86. The number of carbonyl (C=O) groups is 1. The second-order valence-electron chi connectivity index (χ2n) is 7.65. The number of benzene rings is 2. The zero-order valence-corrected chi connectivity index (χ0v) is 18.6. The van der Waals surface area contributed by atoms with Gasteiger partial charge in [0.25, 0.3) is 0 Å². The molecular weight excluding hydrogens is 408 g/mol. The first-order valence-corrected chi connectivity index (χ1v) is 10.6. The van der Waals surface area contributed by atoms with Crippen molar-refractivity contribution in [2.45, 2.75) is 13.5 Å². The van der Waals surface area contributed by atoms with Crippen molar-refractivity contribution in [3.8, 4) is 22.6 Å². The van der Waals surface area contributed by atoms with Gasteiger partial charge in [-0.25, -0.2) is 0 Å². The number of aromatic nitrogens is 2. The van der Waals surface area contributed by atoms with Crippen LogP contribution in [0.15, 0.2) is 48.7 Å². The van der Waals surface area contributed by atoms with E-state index in [0.29, 0.717) is 30.4 Å². The second kappa shape index (κ2) is 9.74. The van der Waals surface area contributed by atoms with Crippen LogP contribution in [0.4, 0.5) is 11.5 Å². The van der Waals surface area contributed by atoms with Gasteiger partial charge in [0.1, 0.15) is 6.54 Å². The van der Waals surface area contributed by atoms with Gasteiger partial charge in [-0.2, -0.15) is 5.10 Å². The van der Waals surface area contributed by atoms with Crippen molar-refractivity contribution in [2.24, 2.45) is 0 Å². The number of rotatable bonds is 7. The molecule has 1 aliphatic heterocycles. The van der Waals surface area contributed by atoms with Gasteiger partial charge >= 0.3 is 0 Å². The summed E-state index contributed by atoms with van der Waals surface area (Å²) >= 11 is 0. The van der Waals surface area contributed by atoms with Crippen LogP contribution in [0, 0.1) is 6.92 Å². The molecule has 0 unspecified atom stereocenters. The van der Waals surface area contributed by atoms with E-state index < -0.39 is 0 Å². The molecule has 32 heavy (non-hydrogen) atoms. The molecule has 8 heteroatoms. The Morgan fingerprint density at radius 2 is 1.78 bits per heavy atom. The highest BCUT2D eigenvalue weighted by Gasteiger charge is 2.21. The molecule has 1 saturated heterocycles. The monoisotopic (exact) mass is 436 g/mol. The fraction of sp³-hybridized carbons (Fsp3) is 0.333. The van der Waals surface area contributed by atoms with Gasteiger partial charge in [-0.05, 0) is 24.6 Å². The third-order valence-electron chi connectivity index (χ3n) is 5.39. The molecule has 1 aliphatic rings. The van der Waals surface area contributed by atoms with E-state index in [0.717, 1.165) is 30.0 Å². The predicted molar refractivity (Wildman–Crippen MR) is 124 cm³/mol. The number of nitrogens with one attached hydrogen (secondary N) is 1. The molecule has 0 aliphatic carbocycles. The van der Waals surface area contributed by atoms with Gasteiger partial charge < -0.3 is 24.4 Å². The molecule has 1 aromatic heterocycles. The van der Waals surface area contributed by atoms with Gasteiger partial charge in [-0.1, -0.05) is 29.8 Å². The van der Waals surface area contributed by atoms with Crippen molar-refractivity contribution >= 4 is 17.4 Å². The molecule has 1 N–H and O–H groups in total. The smallest absolute Gasteiger partial charge is 0.246 e. The molecule has 0 radical (unpaired) electrons. The van der Waals surface area contributed by atoms with Crippen molar-refractivity contribution < 1.29 is 19.0 Å². The number of aryl methyl sites for hydroxylation is 1. The molecule has 4 rings (SSSR count). The number of nitrogens with zero attached hydrogens (tertiary/aromatic N) is 3. The van der Waals surface area contributed by atoms with Gasteiger partial charge in [0.2, 0.25) is 5.91 Å². The van der Waals surface area contributed by atoms with Crippen molar-refractivity contribution in [2.75, 3.05) is 50.7 Å². The van der Waals surface area contributed by atoms with Crippen LogP contribution in [-0.4, -0.2) is 56.2 Å². The normalized spacial score (nSPS) is 13.7. The third-order valence-corrected chi connectivity index (χ3v) is 5.39. The number of morpholine rings is 1. The highest BCUT2D eigenvalue weighted by Crippen LogP contribution is 2.31. The maximum absolute atomic E-state index is 12.7. The van der Waals surface area contributed by atoms with Crippen molar-refractivity contribution in [3.63, 3.8) is 0 Å². The Bertz CT molecular complexity index is 1070. The van der Waals surface area contributed by atoms with E-state index in [-0.39, 0.29) is 12.5 Å². The standard InChI is InChI=1S/C24H28N4O4/c1-17-4-6-18(7-5-17)20-15-28(26-24(20)27-10-12-32-13-11-27)16-23(29)25-19-8-9-21(30-2)22(14-19)31-3/h4-9,14-15H,10-13,16H2,1-3H3,(H,25,29). The number of hydrogen-bond donors (Lipinski definition) is 1. The summed E-state index contributed by atoms with van der Waals surface area (Å²) in [6.45, 7) is 5.04. The quantitative estimate of drug-likeness (QED) is 0.612. The zero-order valence-electron chi connectivity index (χ0n) is 18.6. The van der Waals surface area contributed by atoms with Crippen molar-refractivity contribution in [1.29, 1.82) is 0 Å². The van der Waals surface area contributed by atoms with Crippen molar-refractivity contribution in [1.82, 2.24) is 9.78 Å². The predicted octanol–water partition coefficient (Wildman–Crippen LogP) is 3.35. The SMILES string of the molecule is COc1ccc(NC(=O)Cn2cc(-c3ccc(C)cc3)c(N3CCOCC3)n2)cc1OC. The minimum atomic E-state index is -0.177. The zero-order chi connectivity index (χ0) is 22.5. The largest absolute Gasteiger partial charge is 0.493 e. The number of methoxy groups -OCH3 is 2. The Morgan fingerprint density at radius 3 is 2.47 bits per heavy atom. The van der Waals surface area contributed by atoms with Crippen LogP contribution in [0.3, 0.4) is 0 Å². The van der Waals surface area contributed by atoms with Crippen LogP contribution < -0.4 is 19.7 Å². The minimum absolute atomic E-state index is 0.0948. The number of hydrogen-bond acceptors (Lipinski definition) is 6. The lowest BCUT2D eigenvalue weighted by Gasteiger charge is -2.27. The van der Waals surface area contributed by atoms with Gasteiger partial charge in [0.05, 0.1) is 27.4 Å². The van der Waals surface area contributed by atoms with Crippen LogP contribution in [0.25, 0.3) is 11.1 Å². The Hall–Kier alpha value is -3.52. The molecule has 8 nitrogen and oxygen atoms in total. The summed E-state index contributed by atoms with van der Waals surface area (Å²) < 4.78 is 17.7. The van der Waals surface area contributed by atoms with Crippen molar-refractivity contribution in [3.05, 3.63) is 54.2 Å². The fourth-order valence-corrected chi connectivity index (χ4v) is 3.70. The maximum atomic E-state index is 12.7. The highest BCUT2D eigenvalue weighted by atomic mass is 16.5. The molecule has 0 spiro atoms. The lowest BCUT2D eigenvalue weighted by molar-refractivity contribution is -0.116. The molecular formula is C24H28N4O4. The summed E-state index contributed by atoms with van der Waals surface area (Å²) in [5, 5.41) is 7.66. The molecule has 168 valence electrons. The molecule has 1 fully saturated rings. The Labute approximate surface area is 187 Å². The molecule has 3 aromatic rings. The summed E-state index contributed by atoms with van der Waals surface area (Å²) in [5.41, 5.74) is 3.91. The summed E-state index contributed by atoms with van der Waals surface area (Å²) in [6, 6.07) is 13.6. The lowest BCUT2D eigenvalue weighted by Crippen LogP contribution is -2.36. The summed E-state index contributed by atoms with van der Waals surface area (Å²) in [4.78, 5) is 14.9. The van der Waals surface area contributed by atoms with E-state index in [1.807, 2.05) is 6.20 Å². The van der Waals surface area contributed by atoms with Gasteiger partial charge in [-0.15, -0.1) is 0 Å². The Balaban J connectivity index is 1.55. The molecule has 2 heterocycles. The second-order valence-corrected chi connectivity index (χ2v) is 7.65. The lowest BCUT2D eigenvalue weighted by atomic mass is 10.1. The molecule has 0 saturated carbocycles. The highest BCUT2D eigenvalue weighted by molar-refractivity contribution is 5.91. The fourth-order valence-electron chi connectivity index (χ4n) is 3.70. The number of amides is 1. The van der Waals surface area contributed by atoms with Crippen LogP contribution in [-0.2, 0) is 16.1 Å². The van der Waals surface area contributed by atoms with E-state index in [2.05, 4.69) is 41.4 Å². The van der Waals surface area contributed by atoms with E-state index in [4.69, 9.17) is 19.3 Å². The summed E-state index contributed by atoms with van der Waals surface area (Å²) in [7, 11) is 3.14. The Kier molecular flexibility index (Phi) is 6.61. The number of anilines is 2. The first kappa shape index (κ1) is 21.7. The van der Waals surface area contributed by atoms with E-state index in [1.165, 1.54) is 5.56 Å². The van der Waals surface area contributed by atoms with Crippen LogP contribution >= 0.6 is 0 Å². The van der Waals surface area contributed by atoms with E-state index in [1.54, 1.807) is 37.1 Å².